The highest BCUT2D eigenvalue weighted by Crippen LogP contribution is 2.40. The maximum atomic E-state index is 13.1. The van der Waals surface area contributed by atoms with Crippen molar-refractivity contribution in [2.24, 2.45) is 5.92 Å². The Labute approximate surface area is 247 Å². The van der Waals surface area contributed by atoms with E-state index in [-0.39, 0.29) is 11.7 Å². The number of carbonyl (C=O) groups is 2. The normalized spacial score (nSPS) is 14.7. The number of amides is 1. The van der Waals surface area contributed by atoms with Crippen molar-refractivity contribution >= 4 is 51.3 Å². The van der Waals surface area contributed by atoms with Gasteiger partial charge in [0.15, 0.2) is 11.0 Å². The third kappa shape index (κ3) is 5.75. The molecular formula is C30H34N4O3S3. The molecule has 0 aliphatic heterocycles. The van der Waals surface area contributed by atoms with Gasteiger partial charge < -0.3 is 14.6 Å². The van der Waals surface area contributed by atoms with Gasteiger partial charge in [0, 0.05) is 33.3 Å². The number of thiophene rings is 2. The molecule has 0 saturated heterocycles. The maximum Gasteiger partial charge on any atom is 0.341 e. The van der Waals surface area contributed by atoms with Crippen molar-refractivity contribution in [3.05, 3.63) is 56.1 Å². The molecule has 4 aromatic rings. The first kappa shape index (κ1) is 28.6. The predicted molar refractivity (Wildman–Crippen MR) is 165 cm³/mol. The minimum Gasteiger partial charge on any atom is -0.465 e. The molecule has 1 N–H and O–H groups in total. The molecule has 1 unspecified atom stereocenters. The van der Waals surface area contributed by atoms with Gasteiger partial charge in [0.25, 0.3) is 0 Å². The van der Waals surface area contributed by atoms with Gasteiger partial charge in [-0.15, -0.1) is 32.9 Å². The summed E-state index contributed by atoms with van der Waals surface area (Å²) in [4.78, 5) is 27.4. The molecule has 1 atom stereocenters. The summed E-state index contributed by atoms with van der Waals surface area (Å²) in [6.07, 6.45) is 4.34. The van der Waals surface area contributed by atoms with Crippen molar-refractivity contribution in [1.82, 2.24) is 14.8 Å². The fourth-order valence-electron chi connectivity index (χ4n) is 5.16. The van der Waals surface area contributed by atoms with E-state index in [0.29, 0.717) is 10.6 Å². The highest BCUT2D eigenvalue weighted by molar-refractivity contribution is 7.99. The largest absolute Gasteiger partial charge is 0.465 e. The van der Waals surface area contributed by atoms with Gasteiger partial charge in [0.1, 0.15) is 10.6 Å². The van der Waals surface area contributed by atoms with Crippen LogP contribution in [0.1, 0.15) is 58.6 Å². The van der Waals surface area contributed by atoms with Gasteiger partial charge in [-0.1, -0.05) is 49.4 Å². The number of anilines is 1. The number of aryl methyl sites for hydroxylation is 2. The first-order chi connectivity index (χ1) is 19.3. The van der Waals surface area contributed by atoms with Gasteiger partial charge in [-0.25, -0.2) is 4.79 Å². The number of ether oxygens (including phenoxy) is 1. The number of hydrogen-bond donors (Lipinski definition) is 1. The van der Waals surface area contributed by atoms with Crippen LogP contribution in [0, 0.1) is 19.8 Å². The van der Waals surface area contributed by atoms with Crippen molar-refractivity contribution in [2.75, 3.05) is 18.2 Å². The zero-order valence-corrected chi connectivity index (χ0v) is 25.9. The van der Waals surface area contributed by atoms with Gasteiger partial charge in [0.05, 0.1) is 12.9 Å². The second-order valence-corrected chi connectivity index (χ2v) is 13.1. The summed E-state index contributed by atoms with van der Waals surface area (Å²) in [5.41, 5.74) is 6.84. The number of carbonyl (C=O) groups excluding carboxylic acids is 2. The number of aromatic nitrogens is 3. The van der Waals surface area contributed by atoms with E-state index in [4.69, 9.17) is 4.74 Å². The van der Waals surface area contributed by atoms with Crippen LogP contribution in [-0.2, 0) is 28.9 Å². The Balaban J connectivity index is 1.35. The lowest BCUT2D eigenvalue weighted by atomic mass is 9.88. The molecule has 0 radical (unpaired) electrons. The smallest absolute Gasteiger partial charge is 0.341 e. The van der Waals surface area contributed by atoms with Crippen LogP contribution in [0.3, 0.4) is 0 Å². The Morgan fingerprint density at radius 3 is 2.73 bits per heavy atom. The topological polar surface area (TPSA) is 86.1 Å². The predicted octanol–water partition coefficient (Wildman–Crippen LogP) is 7.40. The molecule has 0 spiro atoms. The number of benzene rings is 1. The van der Waals surface area contributed by atoms with E-state index in [1.54, 1.807) is 0 Å². The molecule has 3 heterocycles. The second kappa shape index (κ2) is 12.3. The van der Waals surface area contributed by atoms with Crippen LogP contribution in [0.2, 0.25) is 0 Å². The van der Waals surface area contributed by atoms with E-state index >= 15 is 0 Å². The molecule has 1 aliphatic rings. The van der Waals surface area contributed by atoms with Crippen molar-refractivity contribution < 1.29 is 14.3 Å². The summed E-state index contributed by atoms with van der Waals surface area (Å²) in [7, 11) is 1.36. The molecule has 1 aliphatic carbocycles. The Morgan fingerprint density at radius 1 is 1.15 bits per heavy atom. The van der Waals surface area contributed by atoms with E-state index in [0.717, 1.165) is 65.0 Å². The summed E-state index contributed by atoms with van der Waals surface area (Å²) in [5, 5.41) is 17.4. The lowest BCUT2D eigenvalue weighted by molar-refractivity contribution is -0.113. The molecule has 7 nitrogen and oxygen atoms in total. The van der Waals surface area contributed by atoms with Gasteiger partial charge in [-0.3, -0.25) is 4.79 Å². The fourth-order valence-corrected chi connectivity index (χ4v) is 8.13. The first-order valence-electron chi connectivity index (χ1n) is 13.5. The summed E-state index contributed by atoms with van der Waals surface area (Å²) in [6.45, 7) is 9.26. The lowest BCUT2D eigenvalue weighted by Gasteiger charge is -2.19. The van der Waals surface area contributed by atoms with E-state index in [9.17, 15) is 9.59 Å². The van der Waals surface area contributed by atoms with E-state index in [1.165, 1.54) is 52.6 Å². The van der Waals surface area contributed by atoms with Crippen molar-refractivity contribution in [3.8, 4) is 22.5 Å². The highest BCUT2D eigenvalue weighted by Gasteiger charge is 2.26. The van der Waals surface area contributed by atoms with Crippen molar-refractivity contribution in [3.63, 3.8) is 0 Å². The van der Waals surface area contributed by atoms with Gasteiger partial charge in [0.2, 0.25) is 5.91 Å². The number of nitrogens with zero attached hydrogens (tertiary/aromatic N) is 3. The van der Waals surface area contributed by atoms with Crippen LogP contribution in [0.25, 0.3) is 22.5 Å². The third-order valence-corrected chi connectivity index (χ3v) is 10.2. The van der Waals surface area contributed by atoms with E-state index in [2.05, 4.69) is 45.4 Å². The zero-order valence-electron chi connectivity index (χ0n) is 23.5. The summed E-state index contributed by atoms with van der Waals surface area (Å²) in [5.74, 6) is 1.08. The number of thioether (sulfide) groups is 1. The fraction of sp³-hybridized carbons (Fsp3) is 0.400. The summed E-state index contributed by atoms with van der Waals surface area (Å²) >= 11 is 4.52. The molecular weight excluding hydrogens is 561 g/mol. The van der Waals surface area contributed by atoms with Crippen LogP contribution >= 0.6 is 34.4 Å². The quantitative estimate of drug-likeness (QED) is 0.160. The minimum absolute atomic E-state index is 0.151. The molecule has 0 saturated carbocycles. The highest BCUT2D eigenvalue weighted by atomic mass is 32.2. The number of nitrogens with one attached hydrogen (secondary N) is 1. The van der Waals surface area contributed by atoms with Crippen LogP contribution in [0.15, 0.2) is 34.1 Å². The average molecular weight is 595 g/mol. The Hall–Kier alpha value is -2.95. The molecule has 40 heavy (non-hydrogen) atoms. The summed E-state index contributed by atoms with van der Waals surface area (Å²) in [6, 6.07) is 6.12. The standard InChI is InChI=1S/C30H34N4O3S3/c1-6-11-34-27(23-15-38-24-13-18(3)8-10-20(23)24)32-33-30(34)40-16-25(35)31-28-26(29(36)37-5)22(14-39-28)21-12-17(2)7-9-19(21)4/h7,9,12,14-15,18H,6,8,10-11,13,16H2,1-5H3,(H,31,35). The first-order valence-corrected chi connectivity index (χ1v) is 16.3. The monoisotopic (exact) mass is 594 g/mol. The number of rotatable bonds is 9. The molecule has 10 heteroatoms. The number of esters is 1. The third-order valence-electron chi connectivity index (χ3n) is 7.26. The van der Waals surface area contributed by atoms with Crippen molar-refractivity contribution in [1.29, 1.82) is 0 Å². The average Bonchev–Trinajstić information content (AvgIpc) is 3.65. The number of hydrogen-bond acceptors (Lipinski definition) is 8. The van der Waals surface area contributed by atoms with Crippen LogP contribution < -0.4 is 5.32 Å². The maximum absolute atomic E-state index is 13.1. The van der Waals surface area contributed by atoms with Crippen molar-refractivity contribution in [2.45, 2.75) is 65.1 Å². The second-order valence-electron chi connectivity index (χ2n) is 10.4. The van der Waals surface area contributed by atoms with Gasteiger partial charge in [-0.05, 0) is 62.1 Å². The molecule has 5 rings (SSSR count). The van der Waals surface area contributed by atoms with Crippen LogP contribution in [0.5, 0.6) is 0 Å². The Bertz CT molecular complexity index is 1550. The van der Waals surface area contributed by atoms with E-state index in [1.807, 2.05) is 42.7 Å². The lowest BCUT2D eigenvalue weighted by Crippen LogP contribution is -2.16. The molecule has 1 amide bonds. The Morgan fingerprint density at radius 2 is 1.95 bits per heavy atom. The Kier molecular flexibility index (Phi) is 8.77. The zero-order chi connectivity index (χ0) is 28.4. The molecule has 0 bridgehead atoms. The van der Waals surface area contributed by atoms with Gasteiger partial charge >= 0.3 is 5.97 Å². The molecule has 3 aromatic heterocycles. The summed E-state index contributed by atoms with van der Waals surface area (Å²) < 4.78 is 7.24. The van der Waals surface area contributed by atoms with Crippen LogP contribution in [0.4, 0.5) is 5.00 Å². The van der Waals surface area contributed by atoms with Gasteiger partial charge in [-0.2, -0.15) is 0 Å². The number of fused-ring (bicyclic) bond motifs is 1. The van der Waals surface area contributed by atoms with Crippen LogP contribution in [-0.4, -0.2) is 39.5 Å². The SMILES string of the molecule is CCCn1c(SCC(=O)Nc2scc(-c3cc(C)ccc3C)c2C(=O)OC)nnc1-c1csc2c1CCC(C)C2. The molecule has 0 fully saturated rings. The van der Waals surface area contributed by atoms with E-state index < -0.39 is 5.97 Å². The minimum atomic E-state index is -0.471. The molecule has 210 valence electrons. The number of methoxy groups -OCH3 is 1. The molecule has 1 aromatic carbocycles.